The van der Waals surface area contributed by atoms with E-state index in [1.807, 2.05) is 0 Å². The Morgan fingerprint density at radius 1 is 1.30 bits per heavy atom. The first-order valence-electron chi connectivity index (χ1n) is 5.99. The Hall–Kier alpha value is -2.19. The summed E-state index contributed by atoms with van der Waals surface area (Å²) in [5, 5.41) is 20.4. The highest BCUT2D eigenvalue weighted by Gasteiger charge is 2.13. The van der Waals surface area contributed by atoms with E-state index in [2.05, 4.69) is 10.2 Å². The first-order chi connectivity index (χ1) is 9.74. The van der Waals surface area contributed by atoms with E-state index < -0.39 is 0 Å². The highest BCUT2D eigenvalue weighted by molar-refractivity contribution is 6.12. The van der Waals surface area contributed by atoms with Crippen LogP contribution < -0.4 is 10.5 Å². The lowest BCUT2D eigenvalue weighted by Crippen LogP contribution is -2.16. The fourth-order valence-corrected chi connectivity index (χ4v) is 1.48. The first-order valence-corrected chi connectivity index (χ1v) is 5.99. The van der Waals surface area contributed by atoms with Gasteiger partial charge in [-0.2, -0.15) is 5.10 Å². The van der Waals surface area contributed by atoms with E-state index in [0.29, 0.717) is 17.0 Å². The number of allylic oxidation sites excluding steroid dienone is 2. The summed E-state index contributed by atoms with van der Waals surface area (Å²) < 4.78 is 14.9. The first kappa shape index (κ1) is 15.9. The molecule has 0 saturated carbocycles. The number of H-pyrrole nitrogens is 1. The molecule has 1 aromatic heterocycles. The number of methoxy groups -OCH3 is 1. The summed E-state index contributed by atoms with van der Waals surface area (Å²) in [6.45, 7) is 3.11. The molecule has 2 rings (SSSR count). The summed E-state index contributed by atoms with van der Waals surface area (Å²) in [7, 11) is 1.47. The molecule has 0 spiro atoms. The lowest BCUT2D eigenvalue weighted by Gasteiger charge is -2.09. The third kappa shape index (κ3) is 4.48. The van der Waals surface area contributed by atoms with Crippen molar-refractivity contribution in [1.29, 1.82) is 10.8 Å². The highest BCUT2D eigenvalue weighted by atomic mass is 16.6. The van der Waals surface area contributed by atoms with E-state index >= 15 is 0 Å². The summed E-state index contributed by atoms with van der Waals surface area (Å²) in [6.07, 6.45) is 3.62. The largest absolute Gasteiger partial charge is 0.491 e. The van der Waals surface area contributed by atoms with Gasteiger partial charge in [0.1, 0.15) is 5.69 Å². The molecule has 8 heteroatoms. The maximum Gasteiger partial charge on any atom is 0.188 e. The van der Waals surface area contributed by atoms with Gasteiger partial charge in [-0.15, -0.1) is 0 Å². The molecule has 110 valence electrons. The molecule has 20 heavy (non-hydrogen) atoms. The van der Waals surface area contributed by atoms with Crippen LogP contribution in [-0.2, 0) is 9.47 Å². The maximum absolute atomic E-state index is 7.14. The number of aromatic nitrogens is 2. The number of nitrogen functional groups attached to an aromatic ring is 1. The standard InChI is InChI=1S/C8H11N5O.C4H8O2/c1-14-7-6(12-13-8(7)11)5(4-10)2-3-9;1-2-6-4-3-5-1/h2-4,9-10H,1H3,(H3,11,12,13);1-4H2/b5-2+,9-3?,10-4?;. The Balaban J connectivity index is 0.000000276. The van der Waals surface area contributed by atoms with Crippen LogP contribution in [0.5, 0.6) is 5.75 Å². The van der Waals surface area contributed by atoms with Gasteiger partial charge in [-0.1, -0.05) is 0 Å². The number of nitrogens with one attached hydrogen (secondary N) is 3. The molecule has 1 fully saturated rings. The summed E-state index contributed by atoms with van der Waals surface area (Å²) >= 11 is 0. The molecule has 0 unspecified atom stereocenters. The van der Waals surface area contributed by atoms with E-state index in [0.717, 1.165) is 38.9 Å². The Labute approximate surface area is 116 Å². The van der Waals surface area contributed by atoms with Crippen LogP contribution in [0.1, 0.15) is 5.69 Å². The van der Waals surface area contributed by atoms with Crippen molar-refractivity contribution < 1.29 is 14.2 Å². The van der Waals surface area contributed by atoms with Crippen LogP contribution in [0.2, 0.25) is 0 Å². The van der Waals surface area contributed by atoms with Crippen LogP contribution in [0, 0.1) is 10.8 Å². The van der Waals surface area contributed by atoms with Gasteiger partial charge in [-0.3, -0.25) is 5.10 Å². The number of anilines is 1. The molecule has 2 heterocycles. The van der Waals surface area contributed by atoms with E-state index in [4.69, 9.17) is 30.8 Å². The van der Waals surface area contributed by atoms with Gasteiger partial charge in [0.05, 0.1) is 33.5 Å². The van der Waals surface area contributed by atoms with Gasteiger partial charge in [0.2, 0.25) is 0 Å². The smallest absolute Gasteiger partial charge is 0.188 e. The molecule has 0 aromatic carbocycles. The molecule has 0 amide bonds. The van der Waals surface area contributed by atoms with Crippen molar-refractivity contribution in [1.82, 2.24) is 10.2 Å². The lowest BCUT2D eigenvalue weighted by molar-refractivity contribution is -0.0334. The number of nitrogens with two attached hydrogens (primary N) is 1. The fraction of sp³-hybridized carbons (Fsp3) is 0.417. The molecular formula is C12H19N5O3. The molecule has 0 atom stereocenters. The van der Waals surface area contributed by atoms with Gasteiger partial charge in [0, 0.05) is 18.0 Å². The normalized spacial score (nSPS) is 14.9. The Morgan fingerprint density at radius 2 is 1.90 bits per heavy atom. The van der Waals surface area contributed by atoms with Crippen LogP contribution in [0.3, 0.4) is 0 Å². The van der Waals surface area contributed by atoms with Crippen LogP contribution in [0.15, 0.2) is 6.08 Å². The van der Waals surface area contributed by atoms with Crippen LogP contribution in [-0.4, -0.2) is 56.2 Å². The van der Waals surface area contributed by atoms with Gasteiger partial charge in [0.25, 0.3) is 0 Å². The Morgan fingerprint density at radius 3 is 2.30 bits per heavy atom. The minimum atomic E-state index is 0.236. The van der Waals surface area contributed by atoms with Crippen molar-refractivity contribution in [2.75, 3.05) is 39.3 Å². The average molecular weight is 281 g/mol. The monoisotopic (exact) mass is 281 g/mol. The number of aromatic amines is 1. The second-order valence-corrected chi connectivity index (χ2v) is 3.67. The van der Waals surface area contributed by atoms with Crippen molar-refractivity contribution in [2.45, 2.75) is 0 Å². The minimum absolute atomic E-state index is 0.236. The summed E-state index contributed by atoms with van der Waals surface area (Å²) in [5.74, 6) is 0.627. The van der Waals surface area contributed by atoms with Crippen molar-refractivity contribution in [3.05, 3.63) is 11.8 Å². The molecule has 0 radical (unpaired) electrons. The minimum Gasteiger partial charge on any atom is -0.491 e. The van der Waals surface area contributed by atoms with Crippen molar-refractivity contribution in [3.8, 4) is 5.75 Å². The number of hydrogen-bond acceptors (Lipinski definition) is 7. The van der Waals surface area contributed by atoms with E-state index in [1.165, 1.54) is 13.2 Å². The molecular weight excluding hydrogens is 262 g/mol. The fourth-order valence-electron chi connectivity index (χ4n) is 1.48. The lowest BCUT2D eigenvalue weighted by atomic mass is 10.2. The van der Waals surface area contributed by atoms with Crippen LogP contribution >= 0.6 is 0 Å². The third-order valence-electron chi connectivity index (χ3n) is 2.40. The second kappa shape index (κ2) is 8.83. The summed E-state index contributed by atoms with van der Waals surface area (Å²) in [5.41, 5.74) is 6.50. The van der Waals surface area contributed by atoms with E-state index in [9.17, 15) is 0 Å². The SMILES string of the molecule is C1COCCO1.COc1c(N)n[nH]c1/C(C=N)=C/C=N. The zero-order chi connectivity index (χ0) is 14.8. The molecule has 1 saturated heterocycles. The molecule has 1 aliphatic rings. The maximum atomic E-state index is 7.14. The summed E-state index contributed by atoms with van der Waals surface area (Å²) in [6, 6.07) is 0. The second-order valence-electron chi connectivity index (χ2n) is 3.67. The van der Waals surface area contributed by atoms with E-state index in [1.54, 1.807) is 0 Å². The van der Waals surface area contributed by atoms with Crippen LogP contribution in [0.4, 0.5) is 5.82 Å². The number of ether oxygens (including phenoxy) is 3. The van der Waals surface area contributed by atoms with Gasteiger partial charge in [-0.25, -0.2) is 0 Å². The Kier molecular flexibility index (Phi) is 7.01. The number of rotatable bonds is 4. The molecule has 0 bridgehead atoms. The van der Waals surface area contributed by atoms with Gasteiger partial charge >= 0.3 is 0 Å². The molecule has 0 aliphatic carbocycles. The third-order valence-corrected chi connectivity index (χ3v) is 2.40. The average Bonchev–Trinajstić information content (AvgIpc) is 2.88. The van der Waals surface area contributed by atoms with Gasteiger partial charge < -0.3 is 30.8 Å². The quantitative estimate of drug-likeness (QED) is 0.604. The van der Waals surface area contributed by atoms with Crippen molar-refractivity contribution in [3.63, 3.8) is 0 Å². The molecule has 1 aromatic rings. The molecule has 8 nitrogen and oxygen atoms in total. The topological polar surface area (TPSA) is 130 Å². The molecule has 5 N–H and O–H groups in total. The molecule has 1 aliphatic heterocycles. The van der Waals surface area contributed by atoms with Crippen LogP contribution in [0.25, 0.3) is 5.57 Å². The van der Waals surface area contributed by atoms with Crippen molar-refractivity contribution >= 4 is 23.8 Å². The predicted molar refractivity (Wildman–Crippen MR) is 76.7 cm³/mol. The van der Waals surface area contributed by atoms with Crippen molar-refractivity contribution in [2.24, 2.45) is 0 Å². The zero-order valence-electron chi connectivity index (χ0n) is 11.3. The number of nitrogens with zero attached hydrogens (tertiary/aromatic N) is 1. The van der Waals surface area contributed by atoms with Gasteiger partial charge in [0.15, 0.2) is 11.6 Å². The Bertz CT molecular complexity index is 454. The highest BCUT2D eigenvalue weighted by Crippen LogP contribution is 2.27. The number of hydrogen-bond donors (Lipinski definition) is 4. The summed E-state index contributed by atoms with van der Waals surface area (Å²) in [4.78, 5) is 0. The predicted octanol–water partition coefficient (Wildman–Crippen LogP) is 0.716. The van der Waals surface area contributed by atoms with E-state index in [-0.39, 0.29) is 5.82 Å². The zero-order valence-corrected chi connectivity index (χ0v) is 11.3. The van der Waals surface area contributed by atoms with Gasteiger partial charge in [-0.05, 0) is 6.08 Å².